The van der Waals surface area contributed by atoms with Crippen molar-refractivity contribution < 1.29 is 4.74 Å². The molecule has 0 radical (unpaired) electrons. The van der Waals surface area contributed by atoms with E-state index in [2.05, 4.69) is 4.98 Å². The monoisotopic (exact) mass is 239 g/mol. The molecular weight excluding hydrogens is 226 g/mol. The molecule has 1 aromatic heterocycles. The lowest BCUT2D eigenvalue weighted by molar-refractivity contribution is 0.413. The minimum atomic E-state index is 0.716. The summed E-state index contributed by atoms with van der Waals surface area (Å²) >= 11 is 0. The number of para-hydroxylation sites is 2. The van der Waals surface area contributed by atoms with Gasteiger partial charge in [0.15, 0.2) is 0 Å². The van der Waals surface area contributed by atoms with Crippen LogP contribution in [0.1, 0.15) is 0 Å². The van der Waals surface area contributed by atoms with Crippen LogP contribution in [0.25, 0.3) is 16.7 Å². The van der Waals surface area contributed by atoms with Crippen LogP contribution >= 0.6 is 0 Å². The Labute approximate surface area is 105 Å². The highest BCUT2D eigenvalue weighted by atomic mass is 16.5. The summed E-state index contributed by atoms with van der Waals surface area (Å²) < 4.78 is 7.36. The SMILES string of the molecule is COc1ccccc1-n1cnc2cc(N)ccc21. The van der Waals surface area contributed by atoms with E-state index in [1.54, 1.807) is 13.4 Å². The highest BCUT2D eigenvalue weighted by Crippen LogP contribution is 2.26. The Morgan fingerprint density at radius 2 is 2.00 bits per heavy atom. The molecule has 0 spiro atoms. The first-order valence-corrected chi connectivity index (χ1v) is 5.65. The van der Waals surface area contributed by atoms with Crippen molar-refractivity contribution in [2.45, 2.75) is 0 Å². The number of nitrogens with two attached hydrogens (primary N) is 1. The number of methoxy groups -OCH3 is 1. The van der Waals surface area contributed by atoms with Crippen molar-refractivity contribution in [1.29, 1.82) is 0 Å². The number of nitrogens with zero attached hydrogens (tertiary/aromatic N) is 2. The van der Waals surface area contributed by atoms with Gasteiger partial charge in [0.2, 0.25) is 0 Å². The Kier molecular flexibility index (Phi) is 2.41. The summed E-state index contributed by atoms with van der Waals surface area (Å²) in [7, 11) is 1.66. The third-order valence-corrected chi connectivity index (χ3v) is 2.92. The van der Waals surface area contributed by atoms with E-state index in [9.17, 15) is 0 Å². The van der Waals surface area contributed by atoms with Gasteiger partial charge in [-0.2, -0.15) is 0 Å². The van der Waals surface area contributed by atoms with Gasteiger partial charge in [-0.1, -0.05) is 12.1 Å². The second kappa shape index (κ2) is 4.07. The first-order valence-electron chi connectivity index (χ1n) is 5.65. The van der Waals surface area contributed by atoms with E-state index in [0.29, 0.717) is 5.69 Å². The largest absolute Gasteiger partial charge is 0.495 e. The van der Waals surface area contributed by atoms with Crippen molar-refractivity contribution in [3.8, 4) is 11.4 Å². The number of ether oxygens (including phenoxy) is 1. The van der Waals surface area contributed by atoms with Crippen LogP contribution in [0.5, 0.6) is 5.75 Å². The number of hydrogen-bond donors (Lipinski definition) is 1. The molecule has 0 unspecified atom stereocenters. The van der Waals surface area contributed by atoms with Crippen molar-refractivity contribution in [2.75, 3.05) is 12.8 Å². The summed E-state index contributed by atoms with van der Waals surface area (Å²) in [5.41, 5.74) is 9.32. The first-order chi connectivity index (χ1) is 8.79. The minimum Gasteiger partial charge on any atom is -0.495 e. The van der Waals surface area contributed by atoms with Crippen LogP contribution in [0.4, 0.5) is 5.69 Å². The maximum absolute atomic E-state index is 5.75. The molecular formula is C14H13N3O. The van der Waals surface area contributed by atoms with Crippen LogP contribution < -0.4 is 10.5 Å². The molecule has 2 aromatic carbocycles. The van der Waals surface area contributed by atoms with Crippen molar-refractivity contribution >= 4 is 16.7 Å². The molecule has 4 nitrogen and oxygen atoms in total. The summed E-state index contributed by atoms with van der Waals surface area (Å²) in [5, 5.41) is 0. The van der Waals surface area contributed by atoms with Crippen LogP contribution in [0, 0.1) is 0 Å². The minimum absolute atomic E-state index is 0.716. The molecule has 1 heterocycles. The Hall–Kier alpha value is -2.49. The van der Waals surface area contributed by atoms with E-state index < -0.39 is 0 Å². The van der Waals surface area contributed by atoms with Gasteiger partial charge in [0.25, 0.3) is 0 Å². The van der Waals surface area contributed by atoms with Crippen LogP contribution in [-0.4, -0.2) is 16.7 Å². The number of aromatic nitrogens is 2. The predicted molar refractivity (Wildman–Crippen MR) is 72.0 cm³/mol. The summed E-state index contributed by atoms with van der Waals surface area (Å²) in [6.45, 7) is 0. The summed E-state index contributed by atoms with van der Waals surface area (Å²) in [4.78, 5) is 4.36. The molecule has 0 aliphatic carbocycles. The van der Waals surface area contributed by atoms with Gasteiger partial charge in [0.1, 0.15) is 12.1 Å². The number of anilines is 1. The maximum Gasteiger partial charge on any atom is 0.142 e. The Morgan fingerprint density at radius 1 is 1.17 bits per heavy atom. The van der Waals surface area contributed by atoms with Crippen molar-refractivity contribution in [1.82, 2.24) is 9.55 Å². The molecule has 3 aromatic rings. The summed E-state index contributed by atoms with van der Waals surface area (Å²) in [6, 6.07) is 13.5. The van der Waals surface area contributed by atoms with Gasteiger partial charge in [0, 0.05) is 5.69 Å². The van der Waals surface area contributed by atoms with Gasteiger partial charge in [-0.15, -0.1) is 0 Å². The van der Waals surface area contributed by atoms with Crippen molar-refractivity contribution in [3.05, 3.63) is 48.8 Å². The quantitative estimate of drug-likeness (QED) is 0.699. The summed E-state index contributed by atoms with van der Waals surface area (Å²) in [6.07, 6.45) is 1.78. The average Bonchev–Trinajstić information content (AvgIpc) is 2.81. The zero-order valence-corrected chi connectivity index (χ0v) is 10.00. The molecule has 0 fully saturated rings. The molecule has 0 saturated carbocycles. The number of imidazole rings is 1. The fourth-order valence-electron chi connectivity index (χ4n) is 2.05. The molecule has 0 amide bonds. The molecule has 0 saturated heterocycles. The number of nitrogen functional groups attached to an aromatic ring is 1. The highest BCUT2D eigenvalue weighted by molar-refractivity contribution is 5.81. The molecule has 0 bridgehead atoms. The molecule has 0 atom stereocenters. The molecule has 0 aliphatic heterocycles. The predicted octanol–water partition coefficient (Wildman–Crippen LogP) is 2.62. The number of benzene rings is 2. The molecule has 3 rings (SSSR count). The van der Waals surface area contributed by atoms with E-state index in [4.69, 9.17) is 10.5 Å². The lowest BCUT2D eigenvalue weighted by Crippen LogP contribution is -1.96. The molecule has 0 aliphatic rings. The first kappa shape index (κ1) is 10.7. The number of rotatable bonds is 2. The van der Waals surface area contributed by atoms with Crippen LogP contribution in [-0.2, 0) is 0 Å². The third kappa shape index (κ3) is 1.59. The molecule has 2 N–H and O–H groups in total. The van der Waals surface area contributed by atoms with E-state index >= 15 is 0 Å². The second-order valence-electron chi connectivity index (χ2n) is 4.03. The standard InChI is InChI=1S/C14H13N3O/c1-18-14-5-3-2-4-13(14)17-9-16-11-8-10(15)6-7-12(11)17/h2-9H,15H2,1H3. The van der Waals surface area contributed by atoms with E-state index in [0.717, 1.165) is 22.5 Å². The zero-order chi connectivity index (χ0) is 12.5. The Balaban J connectivity index is 2.26. The van der Waals surface area contributed by atoms with Crippen molar-refractivity contribution in [2.24, 2.45) is 0 Å². The van der Waals surface area contributed by atoms with Gasteiger partial charge in [-0.3, -0.25) is 4.57 Å². The topological polar surface area (TPSA) is 53.1 Å². The van der Waals surface area contributed by atoms with Crippen LogP contribution in [0.3, 0.4) is 0 Å². The van der Waals surface area contributed by atoms with Gasteiger partial charge < -0.3 is 10.5 Å². The average molecular weight is 239 g/mol. The fraction of sp³-hybridized carbons (Fsp3) is 0.0714. The number of fused-ring (bicyclic) bond motifs is 1. The van der Waals surface area contributed by atoms with E-state index in [1.807, 2.05) is 47.0 Å². The van der Waals surface area contributed by atoms with Crippen molar-refractivity contribution in [3.63, 3.8) is 0 Å². The van der Waals surface area contributed by atoms with Gasteiger partial charge in [-0.25, -0.2) is 4.98 Å². The van der Waals surface area contributed by atoms with E-state index in [-0.39, 0.29) is 0 Å². The molecule has 90 valence electrons. The molecule has 4 heteroatoms. The lowest BCUT2D eigenvalue weighted by atomic mass is 10.2. The van der Waals surface area contributed by atoms with Gasteiger partial charge >= 0.3 is 0 Å². The molecule has 18 heavy (non-hydrogen) atoms. The zero-order valence-electron chi connectivity index (χ0n) is 10.00. The Bertz CT molecular complexity index is 703. The van der Waals surface area contributed by atoms with Gasteiger partial charge in [-0.05, 0) is 30.3 Å². The fourth-order valence-corrected chi connectivity index (χ4v) is 2.05. The van der Waals surface area contributed by atoms with Crippen LogP contribution in [0.15, 0.2) is 48.8 Å². The Morgan fingerprint density at radius 3 is 2.83 bits per heavy atom. The summed E-state index contributed by atoms with van der Waals surface area (Å²) in [5.74, 6) is 0.814. The van der Waals surface area contributed by atoms with Gasteiger partial charge in [0.05, 0.1) is 23.8 Å². The smallest absolute Gasteiger partial charge is 0.142 e. The lowest BCUT2D eigenvalue weighted by Gasteiger charge is -2.09. The second-order valence-corrected chi connectivity index (χ2v) is 4.03. The number of hydrogen-bond acceptors (Lipinski definition) is 3. The van der Waals surface area contributed by atoms with Crippen LogP contribution in [0.2, 0.25) is 0 Å². The van der Waals surface area contributed by atoms with E-state index in [1.165, 1.54) is 0 Å². The highest BCUT2D eigenvalue weighted by Gasteiger charge is 2.08. The normalized spacial score (nSPS) is 10.7. The third-order valence-electron chi connectivity index (χ3n) is 2.92. The maximum atomic E-state index is 5.75.